The van der Waals surface area contributed by atoms with Crippen molar-refractivity contribution in [2.24, 2.45) is 0 Å². The van der Waals surface area contributed by atoms with E-state index in [9.17, 15) is 13.6 Å². The van der Waals surface area contributed by atoms with E-state index in [1.54, 1.807) is 25.7 Å². The van der Waals surface area contributed by atoms with E-state index in [-0.39, 0.29) is 17.6 Å². The molecule has 2 N–H and O–H groups in total. The first-order chi connectivity index (χ1) is 11.6. The summed E-state index contributed by atoms with van der Waals surface area (Å²) in [5, 5.41) is 18.0. The number of hydrogen-bond donors (Lipinski definition) is 2. The average Bonchev–Trinajstić information content (AvgIpc) is 2.49. The molecule has 1 amide bonds. The third-order valence-electron chi connectivity index (χ3n) is 3.87. The maximum atomic E-state index is 14.0. The summed E-state index contributed by atoms with van der Waals surface area (Å²) < 4.78 is 33.4. The van der Waals surface area contributed by atoms with Crippen LogP contribution in [0.25, 0.3) is 0 Å². The zero-order valence-corrected chi connectivity index (χ0v) is 14.6. The predicted octanol–water partition coefficient (Wildman–Crippen LogP) is 0.697. The summed E-state index contributed by atoms with van der Waals surface area (Å²) in [7, 11) is -1.92. The van der Waals surface area contributed by atoms with Gasteiger partial charge in [0.15, 0.2) is 0 Å². The molecule has 0 aromatic heterocycles. The van der Waals surface area contributed by atoms with E-state index in [0.717, 1.165) is 12.1 Å². The zero-order chi connectivity index (χ0) is 18.8. The van der Waals surface area contributed by atoms with Crippen LogP contribution in [0.4, 0.5) is 13.6 Å². The van der Waals surface area contributed by atoms with Gasteiger partial charge >= 0.3 is 13.2 Å². The fourth-order valence-corrected chi connectivity index (χ4v) is 2.56. The van der Waals surface area contributed by atoms with E-state index in [0.29, 0.717) is 26.2 Å². The number of carbonyl (C=O) groups excluding carboxylic acids is 1. The standard InChI is InChI=1S/C16H23BF2N2O4/c1-16(2,3)25-15(22)21-6-4-20(5-7-21)10-12-13(18)8-11(17(23)24)9-14(12)19/h8-9,23-24H,4-7,10H2,1-3H3. The first-order valence-electron chi connectivity index (χ1n) is 8.11. The molecule has 25 heavy (non-hydrogen) atoms. The fourth-order valence-electron chi connectivity index (χ4n) is 2.56. The van der Waals surface area contributed by atoms with Gasteiger partial charge in [-0.1, -0.05) is 0 Å². The van der Waals surface area contributed by atoms with Crippen molar-refractivity contribution < 1.29 is 28.4 Å². The second kappa shape index (κ2) is 7.67. The summed E-state index contributed by atoms with van der Waals surface area (Å²) in [6.45, 7) is 7.16. The molecular formula is C16H23BF2N2O4. The van der Waals surface area contributed by atoms with Crippen LogP contribution in [0.3, 0.4) is 0 Å². The van der Waals surface area contributed by atoms with E-state index in [1.165, 1.54) is 0 Å². The molecule has 0 spiro atoms. The predicted molar refractivity (Wildman–Crippen MR) is 89.3 cm³/mol. The summed E-state index contributed by atoms with van der Waals surface area (Å²) in [5.74, 6) is -1.64. The molecule has 0 saturated carbocycles. The number of ether oxygens (including phenoxy) is 1. The van der Waals surface area contributed by atoms with Gasteiger partial charge in [-0.3, -0.25) is 4.90 Å². The molecule has 0 radical (unpaired) electrons. The summed E-state index contributed by atoms with van der Waals surface area (Å²) in [5.41, 5.74) is -0.928. The number of nitrogens with zero attached hydrogens (tertiary/aromatic N) is 2. The van der Waals surface area contributed by atoms with Crippen molar-refractivity contribution in [3.63, 3.8) is 0 Å². The van der Waals surface area contributed by atoms with Crippen molar-refractivity contribution in [2.75, 3.05) is 26.2 Å². The van der Waals surface area contributed by atoms with Crippen molar-refractivity contribution in [3.05, 3.63) is 29.3 Å². The van der Waals surface area contributed by atoms with E-state index >= 15 is 0 Å². The molecule has 1 fully saturated rings. The molecule has 0 bridgehead atoms. The van der Waals surface area contributed by atoms with Gasteiger partial charge in [0.1, 0.15) is 17.2 Å². The third-order valence-corrected chi connectivity index (χ3v) is 3.87. The van der Waals surface area contributed by atoms with Crippen LogP contribution >= 0.6 is 0 Å². The van der Waals surface area contributed by atoms with Crippen molar-refractivity contribution in [1.29, 1.82) is 0 Å². The third kappa shape index (κ3) is 5.39. The van der Waals surface area contributed by atoms with Crippen molar-refractivity contribution in [3.8, 4) is 0 Å². The van der Waals surface area contributed by atoms with Crippen LogP contribution in [0.2, 0.25) is 0 Å². The van der Waals surface area contributed by atoms with Gasteiger partial charge in [0.2, 0.25) is 0 Å². The van der Waals surface area contributed by atoms with Crippen LogP contribution < -0.4 is 5.46 Å². The summed E-state index contributed by atoms with van der Waals surface area (Å²) >= 11 is 0. The lowest BCUT2D eigenvalue weighted by Crippen LogP contribution is -2.49. The van der Waals surface area contributed by atoms with Crippen LogP contribution in [-0.4, -0.2) is 64.8 Å². The minimum atomic E-state index is -1.92. The Morgan fingerprint density at radius 3 is 2.12 bits per heavy atom. The molecule has 0 unspecified atom stereocenters. The molecule has 1 aliphatic rings. The lowest BCUT2D eigenvalue weighted by molar-refractivity contribution is 0.0137. The number of amides is 1. The highest BCUT2D eigenvalue weighted by atomic mass is 19.1. The Balaban J connectivity index is 1.95. The monoisotopic (exact) mass is 356 g/mol. The molecule has 0 atom stereocenters. The van der Waals surface area contributed by atoms with Crippen LogP contribution in [0.15, 0.2) is 12.1 Å². The first-order valence-corrected chi connectivity index (χ1v) is 8.11. The lowest BCUT2D eigenvalue weighted by Gasteiger charge is -2.35. The van der Waals surface area contributed by atoms with E-state index in [1.807, 2.05) is 4.90 Å². The highest BCUT2D eigenvalue weighted by Gasteiger charge is 2.27. The second-order valence-corrected chi connectivity index (χ2v) is 7.08. The number of benzene rings is 1. The number of rotatable bonds is 3. The van der Waals surface area contributed by atoms with Gasteiger partial charge in [-0.2, -0.15) is 0 Å². The van der Waals surface area contributed by atoms with Gasteiger partial charge < -0.3 is 19.7 Å². The average molecular weight is 356 g/mol. The number of piperazine rings is 1. The Bertz CT molecular complexity index is 606. The van der Waals surface area contributed by atoms with Crippen LogP contribution in [0.1, 0.15) is 26.3 Å². The molecule has 6 nitrogen and oxygen atoms in total. The molecule has 9 heteroatoms. The van der Waals surface area contributed by atoms with Gasteiger partial charge in [-0.05, 0) is 38.4 Å². The number of halogens is 2. The largest absolute Gasteiger partial charge is 0.488 e. The van der Waals surface area contributed by atoms with Gasteiger partial charge in [0, 0.05) is 38.3 Å². The lowest BCUT2D eigenvalue weighted by atomic mass is 9.79. The fraction of sp³-hybridized carbons (Fsp3) is 0.562. The molecular weight excluding hydrogens is 333 g/mol. The Labute approximate surface area is 146 Å². The van der Waals surface area contributed by atoms with Crippen molar-refractivity contribution >= 4 is 18.7 Å². The normalized spacial score (nSPS) is 16.0. The van der Waals surface area contributed by atoms with E-state index < -0.39 is 30.4 Å². The molecule has 1 aliphatic heterocycles. The SMILES string of the molecule is CC(C)(C)OC(=O)N1CCN(Cc2c(F)cc(B(O)O)cc2F)CC1. The van der Waals surface area contributed by atoms with Crippen molar-refractivity contribution in [2.45, 2.75) is 32.9 Å². The molecule has 2 rings (SSSR count). The second-order valence-electron chi connectivity index (χ2n) is 7.08. The van der Waals surface area contributed by atoms with Crippen LogP contribution in [0, 0.1) is 11.6 Å². The minimum absolute atomic E-state index is 0.0433. The van der Waals surface area contributed by atoms with Crippen LogP contribution in [0.5, 0.6) is 0 Å². The Morgan fingerprint density at radius 2 is 1.68 bits per heavy atom. The summed E-state index contributed by atoms with van der Waals surface area (Å²) in [6, 6.07) is 1.83. The molecule has 1 heterocycles. The highest BCUT2D eigenvalue weighted by Crippen LogP contribution is 2.17. The smallest absolute Gasteiger partial charge is 0.444 e. The number of hydrogen-bond acceptors (Lipinski definition) is 5. The van der Waals surface area contributed by atoms with E-state index in [4.69, 9.17) is 14.8 Å². The van der Waals surface area contributed by atoms with Gasteiger partial charge in [0.05, 0.1) is 0 Å². The van der Waals surface area contributed by atoms with Gasteiger partial charge in [-0.15, -0.1) is 0 Å². The molecule has 1 aromatic carbocycles. The van der Waals surface area contributed by atoms with Gasteiger partial charge in [0.25, 0.3) is 0 Å². The molecule has 1 aromatic rings. The quantitative estimate of drug-likeness (QED) is 0.780. The van der Waals surface area contributed by atoms with Gasteiger partial charge in [-0.25, -0.2) is 13.6 Å². The summed E-state index contributed by atoms with van der Waals surface area (Å²) in [6.07, 6.45) is -0.397. The Hall–Kier alpha value is -1.71. The first kappa shape index (κ1) is 19.6. The maximum absolute atomic E-state index is 14.0. The molecule has 1 saturated heterocycles. The highest BCUT2D eigenvalue weighted by molar-refractivity contribution is 6.58. The molecule has 138 valence electrons. The van der Waals surface area contributed by atoms with Crippen molar-refractivity contribution in [1.82, 2.24) is 9.80 Å². The van der Waals surface area contributed by atoms with E-state index in [2.05, 4.69) is 0 Å². The number of carbonyl (C=O) groups is 1. The zero-order valence-electron chi connectivity index (χ0n) is 14.6. The Kier molecular flexibility index (Phi) is 6.02. The molecule has 0 aliphatic carbocycles. The topological polar surface area (TPSA) is 73.2 Å². The van der Waals surface area contributed by atoms with Crippen LogP contribution in [-0.2, 0) is 11.3 Å². The summed E-state index contributed by atoms with van der Waals surface area (Å²) in [4.78, 5) is 15.4. The maximum Gasteiger partial charge on any atom is 0.488 e. The Morgan fingerprint density at radius 1 is 1.16 bits per heavy atom. The minimum Gasteiger partial charge on any atom is -0.444 e.